The number of ether oxygens (including phenoxy) is 5. The molecule has 1 N–H and O–H groups in total. The maximum Gasteiger partial charge on any atom is 0.337 e. The van der Waals surface area contributed by atoms with Gasteiger partial charge in [0.2, 0.25) is 6.79 Å². The number of nitrogens with one attached hydrogen (secondary N) is 1. The van der Waals surface area contributed by atoms with Crippen LogP contribution in [0.5, 0.6) is 23.0 Å². The smallest absolute Gasteiger partial charge is 0.337 e. The molecule has 0 radical (unpaired) electrons. The highest BCUT2D eigenvalue weighted by Crippen LogP contribution is 2.48. The van der Waals surface area contributed by atoms with Gasteiger partial charge in [0.15, 0.2) is 28.8 Å². The third-order valence-corrected chi connectivity index (χ3v) is 8.31. The highest BCUT2D eigenvalue weighted by Gasteiger charge is 2.42. The van der Waals surface area contributed by atoms with Crippen molar-refractivity contribution in [1.29, 1.82) is 0 Å². The van der Waals surface area contributed by atoms with Gasteiger partial charge in [0.25, 0.3) is 0 Å². The molecular formula is C32H35NO7. The van der Waals surface area contributed by atoms with E-state index in [1.54, 1.807) is 7.11 Å². The number of dihydropyridines is 1. The Morgan fingerprint density at radius 1 is 1.00 bits per heavy atom. The summed E-state index contributed by atoms with van der Waals surface area (Å²) in [5.41, 5.74) is 4.48. The maximum atomic E-state index is 14.0. The van der Waals surface area contributed by atoms with Crippen molar-refractivity contribution in [3.05, 3.63) is 70.1 Å². The lowest BCUT2D eigenvalue weighted by Crippen LogP contribution is -2.36. The van der Waals surface area contributed by atoms with Crippen molar-refractivity contribution in [2.24, 2.45) is 0 Å². The Morgan fingerprint density at radius 2 is 1.77 bits per heavy atom. The molecule has 0 spiro atoms. The molecule has 0 amide bonds. The van der Waals surface area contributed by atoms with Crippen LogP contribution >= 0.6 is 0 Å². The maximum absolute atomic E-state index is 14.0. The lowest BCUT2D eigenvalue weighted by molar-refractivity contribution is -0.144. The molecule has 1 fully saturated rings. The minimum Gasteiger partial charge on any atom is -0.493 e. The Kier molecular flexibility index (Phi) is 7.17. The Morgan fingerprint density at radius 3 is 2.55 bits per heavy atom. The van der Waals surface area contributed by atoms with Gasteiger partial charge in [0.1, 0.15) is 6.10 Å². The lowest BCUT2D eigenvalue weighted by atomic mass is 9.71. The molecule has 0 unspecified atom stereocenters. The largest absolute Gasteiger partial charge is 0.493 e. The monoisotopic (exact) mass is 545 g/mol. The number of hydrogen-bond acceptors (Lipinski definition) is 8. The molecule has 1 saturated carbocycles. The zero-order chi connectivity index (χ0) is 27.8. The molecule has 8 nitrogen and oxygen atoms in total. The zero-order valence-electron chi connectivity index (χ0n) is 23.2. The molecule has 2 aromatic rings. The van der Waals surface area contributed by atoms with Gasteiger partial charge >= 0.3 is 5.97 Å². The molecule has 2 aliphatic carbocycles. The van der Waals surface area contributed by atoms with Crippen LogP contribution < -0.4 is 24.3 Å². The number of carbonyl (C=O) groups excluding carboxylic acids is 2. The van der Waals surface area contributed by atoms with Gasteiger partial charge in [-0.15, -0.1) is 0 Å². The number of ketones is 1. The summed E-state index contributed by atoms with van der Waals surface area (Å²) in [7, 11) is 1.62. The number of benzene rings is 2. The number of fused-ring (bicyclic) bond motifs is 1. The number of hydrogen-bond donors (Lipinski definition) is 1. The van der Waals surface area contributed by atoms with E-state index in [9.17, 15) is 9.59 Å². The van der Waals surface area contributed by atoms with E-state index in [1.807, 2.05) is 50.2 Å². The molecule has 6 rings (SSSR count). The van der Waals surface area contributed by atoms with Crippen LogP contribution in [0.15, 0.2) is 58.9 Å². The minimum absolute atomic E-state index is 0.00735. The van der Waals surface area contributed by atoms with Gasteiger partial charge in [0, 0.05) is 29.3 Å². The molecule has 0 aromatic heterocycles. The second kappa shape index (κ2) is 10.9. The average Bonchev–Trinajstić information content (AvgIpc) is 3.64. The van der Waals surface area contributed by atoms with Crippen molar-refractivity contribution in [3.8, 4) is 23.0 Å². The Bertz CT molecular complexity index is 1400. The van der Waals surface area contributed by atoms with E-state index in [4.69, 9.17) is 23.7 Å². The van der Waals surface area contributed by atoms with E-state index in [0.29, 0.717) is 59.3 Å². The van der Waals surface area contributed by atoms with E-state index in [1.165, 1.54) is 0 Å². The van der Waals surface area contributed by atoms with E-state index in [-0.39, 0.29) is 30.6 Å². The molecule has 4 aliphatic rings. The van der Waals surface area contributed by atoms with E-state index >= 15 is 0 Å². The number of Topliss-reactive ketones (excluding diaryl/α,β-unsaturated/α-hetero) is 1. The zero-order valence-corrected chi connectivity index (χ0v) is 23.2. The third kappa shape index (κ3) is 4.80. The minimum atomic E-state index is -0.553. The molecule has 210 valence electrons. The van der Waals surface area contributed by atoms with Crippen LogP contribution in [0.1, 0.15) is 75.3 Å². The van der Waals surface area contributed by atoms with Gasteiger partial charge in [-0.3, -0.25) is 4.79 Å². The van der Waals surface area contributed by atoms with Crippen molar-refractivity contribution in [2.75, 3.05) is 20.5 Å². The van der Waals surface area contributed by atoms with Gasteiger partial charge in [-0.05, 0) is 87.3 Å². The van der Waals surface area contributed by atoms with Crippen LogP contribution in [0.3, 0.4) is 0 Å². The first-order valence-corrected chi connectivity index (χ1v) is 14.1. The van der Waals surface area contributed by atoms with Gasteiger partial charge in [-0.1, -0.05) is 12.1 Å². The molecule has 2 aliphatic heterocycles. The Labute approximate surface area is 234 Å². The van der Waals surface area contributed by atoms with Gasteiger partial charge in [-0.2, -0.15) is 0 Å². The lowest BCUT2D eigenvalue weighted by Gasteiger charge is -2.37. The second-order valence-electron chi connectivity index (χ2n) is 10.8. The summed E-state index contributed by atoms with van der Waals surface area (Å²) in [5.74, 6) is 1.64. The van der Waals surface area contributed by atoms with E-state index in [2.05, 4.69) is 5.32 Å². The van der Waals surface area contributed by atoms with Crippen LogP contribution in [0.2, 0.25) is 0 Å². The van der Waals surface area contributed by atoms with E-state index in [0.717, 1.165) is 42.5 Å². The van der Waals surface area contributed by atoms with E-state index < -0.39 is 5.92 Å². The SMILES string of the molecule is CCOc1ccc([C@H]2CC(=O)C3=C(C2)NC(C)=C(C(=O)OC2CCCC2)[C@@H]3c2ccc3c(c2)OCO3)cc1OC. The fourth-order valence-corrected chi connectivity index (χ4v) is 6.41. The summed E-state index contributed by atoms with van der Waals surface area (Å²) in [6.45, 7) is 4.51. The van der Waals surface area contributed by atoms with Gasteiger partial charge in [-0.25, -0.2) is 4.79 Å². The quantitative estimate of drug-likeness (QED) is 0.445. The van der Waals surface area contributed by atoms with Crippen LogP contribution in [-0.2, 0) is 14.3 Å². The number of carbonyl (C=O) groups is 2. The van der Waals surface area contributed by atoms with Crippen molar-refractivity contribution >= 4 is 11.8 Å². The summed E-state index contributed by atoms with van der Waals surface area (Å²) in [6, 6.07) is 11.5. The molecule has 0 bridgehead atoms. The first-order valence-electron chi connectivity index (χ1n) is 14.1. The average molecular weight is 546 g/mol. The molecule has 40 heavy (non-hydrogen) atoms. The van der Waals surface area contributed by atoms with Crippen molar-refractivity contribution in [2.45, 2.75) is 70.3 Å². The van der Waals surface area contributed by atoms with Gasteiger partial charge < -0.3 is 29.0 Å². The summed E-state index contributed by atoms with van der Waals surface area (Å²) in [5, 5.41) is 3.44. The molecular weight excluding hydrogens is 510 g/mol. The predicted octanol–water partition coefficient (Wildman–Crippen LogP) is 5.67. The Balaban J connectivity index is 1.37. The Hall–Kier alpha value is -3.94. The predicted molar refractivity (Wildman–Crippen MR) is 148 cm³/mol. The molecule has 2 heterocycles. The summed E-state index contributed by atoms with van der Waals surface area (Å²) in [6.07, 6.45) is 4.74. The van der Waals surface area contributed by atoms with Crippen molar-refractivity contribution in [1.82, 2.24) is 5.32 Å². The highest BCUT2D eigenvalue weighted by atomic mass is 16.7. The normalized spacial score (nSPS) is 22.2. The second-order valence-corrected chi connectivity index (χ2v) is 10.8. The summed E-state index contributed by atoms with van der Waals surface area (Å²) < 4.78 is 28.4. The number of allylic oxidation sites excluding steroid dienone is 3. The number of esters is 1. The molecule has 2 aromatic carbocycles. The first kappa shape index (κ1) is 26.3. The fraction of sp³-hybridized carbons (Fsp3) is 0.438. The number of methoxy groups -OCH3 is 1. The first-order chi connectivity index (χ1) is 19.5. The van der Waals surface area contributed by atoms with Crippen molar-refractivity contribution < 1.29 is 33.3 Å². The standard InChI is InChI=1S/C32H35NO7/c1-4-37-25-11-9-19(15-27(25)36-3)21-13-23-31(24(34)14-21)30(20-10-12-26-28(16-20)39-17-38-26)29(18(2)33-23)32(35)40-22-7-5-6-8-22/h9-12,15-16,21-22,30,33H,4-8,13-14,17H2,1-3H3/t21-,30+/m1/s1. The summed E-state index contributed by atoms with van der Waals surface area (Å²) in [4.78, 5) is 27.7. The summed E-state index contributed by atoms with van der Waals surface area (Å²) >= 11 is 0. The van der Waals surface area contributed by atoms with Crippen LogP contribution in [0, 0.1) is 0 Å². The highest BCUT2D eigenvalue weighted by molar-refractivity contribution is 6.04. The topological polar surface area (TPSA) is 92.3 Å². The number of rotatable bonds is 7. The van der Waals surface area contributed by atoms with Gasteiger partial charge in [0.05, 0.1) is 19.3 Å². The van der Waals surface area contributed by atoms with Crippen LogP contribution in [0.25, 0.3) is 0 Å². The van der Waals surface area contributed by atoms with Crippen LogP contribution in [-0.4, -0.2) is 38.4 Å². The molecule has 2 atom stereocenters. The van der Waals surface area contributed by atoms with Crippen LogP contribution in [0.4, 0.5) is 0 Å². The molecule has 0 saturated heterocycles. The molecule has 8 heteroatoms. The third-order valence-electron chi connectivity index (χ3n) is 8.31. The van der Waals surface area contributed by atoms with Crippen molar-refractivity contribution in [3.63, 3.8) is 0 Å². The fourth-order valence-electron chi connectivity index (χ4n) is 6.41.